The van der Waals surface area contributed by atoms with Gasteiger partial charge in [0.25, 0.3) is 0 Å². The van der Waals surface area contributed by atoms with E-state index in [-0.39, 0.29) is 15.7 Å². The van der Waals surface area contributed by atoms with E-state index in [1.165, 1.54) is 32.8 Å². The van der Waals surface area contributed by atoms with E-state index in [0.717, 1.165) is 17.4 Å². The van der Waals surface area contributed by atoms with E-state index in [2.05, 4.69) is 4.72 Å². The topological polar surface area (TPSA) is 104 Å². The molecule has 9 heteroatoms. The van der Waals surface area contributed by atoms with E-state index in [4.69, 9.17) is 5.11 Å². The SMILES string of the molecule is Cc1sc(C(=O)O)cc1S(=O)(=O)NC(C)C(=O)N(C)C. The van der Waals surface area contributed by atoms with Gasteiger partial charge in [0.05, 0.1) is 10.9 Å². The van der Waals surface area contributed by atoms with Crippen LogP contribution in [0.25, 0.3) is 0 Å². The summed E-state index contributed by atoms with van der Waals surface area (Å²) >= 11 is 0.877. The summed E-state index contributed by atoms with van der Waals surface area (Å²) in [6.45, 7) is 2.95. The van der Waals surface area contributed by atoms with Gasteiger partial charge in [0.1, 0.15) is 4.88 Å². The van der Waals surface area contributed by atoms with Gasteiger partial charge in [0.2, 0.25) is 15.9 Å². The predicted molar refractivity (Wildman–Crippen MR) is 74.5 cm³/mol. The minimum atomic E-state index is -3.93. The Morgan fingerprint density at radius 1 is 1.40 bits per heavy atom. The van der Waals surface area contributed by atoms with E-state index < -0.39 is 22.0 Å². The van der Waals surface area contributed by atoms with Crippen LogP contribution in [0, 0.1) is 6.92 Å². The molecule has 112 valence electrons. The second-order valence-corrected chi connectivity index (χ2v) is 7.35. The number of hydrogen-bond donors (Lipinski definition) is 2. The van der Waals surface area contributed by atoms with Crippen LogP contribution in [0.15, 0.2) is 11.0 Å². The third-order valence-electron chi connectivity index (χ3n) is 2.52. The van der Waals surface area contributed by atoms with Crippen molar-refractivity contribution >= 4 is 33.2 Å². The minimum Gasteiger partial charge on any atom is -0.477 e. The smallest absolute Gasteiger partial charge is 0.345 e. The molecule has 1 rings (SSSR count). The van der Waals surface area contributed by atoms with Gasteiger partial charge in [0, 0.05) is 19.0 Å². The molecule has 2 N–H and O–H groups in total. The number of carbonyl (C=O) groups excluding carboxylic acids is 1. The molecule has 0 radical (unpaired) electrons. The Labute approximate surface area is 121 Å². The Balaban J connectivity index is 3.06. The molecule has 0 aromatic carbocycles. The molecule has 0 aliphatic heterocycles. The fraction of sp³-hybridized carbons (Fsp3) is 0.455. The second-order valence-electron chi connectivity index (χ2n) is 4.41. The quantitative estimate of drug-likeness (QED) is 0.822. The molecule has 1 amide bonds. The number of aromatic carboxylic acids is 1. The first kappa shape index (κ1) is 16.6. The molecule has 0 saturated heterocycles. The Hall–Kier alpha value is -1.45. The average molecular weight is 320 g/mol. The molecule has 1 aromatic heterocycles. The van der Waals surface area contributed by atoms with E-state index >= 15 is 0 Å². The van der Waals surface area contributed by atoms with Crippen LogP contribution >= 0.6 is 11.3 Å². The lowest BCUT2D eigenvalue weighted by Gasteiger charge is -2.17. The number of likely N-dealkylation sites (N-methyl/N-ethyl adjacent to an activating group) is 1. The lowest BCUT2D eigenvalue weighted by Crippen LogP contribution is -2.44. The molecule has 1 atom stereocenters. The van der Waals surface area contributed by atoms with Crippen LogP contribution in [0.5, 0.6) is 0 Å². The molecule has 7 nitrogen and oxygen atoms in total. The summed E-state index contributed by atoms with van der Waals surface area (Å²) in [6, 6.07) is 0.167. The average Bonchev–Trinajstić information content (AvgIpc) is 2.70. The number of aryl methyl sites for hydroxylation is 1. The first-order chi connectivity index (χ1) is 9.06. The summed E-state index contributed by atoms with van der Waals surface area (Å²) in [7, 11) is -0.893. The fourth-order valence-electron chi connectivity index (χ4n) is 1.57. The summed E-state index contributed by atoms with van der Waals surface area (Å²) < 4.78 is 26.6. The van der Waals surface area contributed by atoms with Gasteiger partial charge in [-0.25, -0.2) is 13.2 Å². The first-order valence-corrected chi connectivity index (χ1v) is 7.93. The van der Waals surface area contributed by atoms with Crippen molar-refractivity contribution < 1.29 is 23.1 Å². The van der Waals surface area contributed by atoms with Crippen molar-refractivity contribution in [1.29, 1.82) is 0 Å². The van der Waals surface area contributed by atoms with Crippen molar-refractivity contribution in [3.05, 3.63) is 15.8 Å². The Bertz CT molecular complexity index is 633. The third kappa shape index (κ3) is 3.56. The molecular weight excluding hydrogens is 304 g/mol. The first-order valence-electron chi connectivity index (χ1n) is 5.63. The van der Waals surface area contributed by atoms with Crippen LogP contribution in [0.1, 0.15) is 21.5 Å². The largest absolute Gasteiger partial charge is 0.477 e. The Kier molecular flexibility index (Phi) is 4.90. The van der Waals surface area contributed by atoms with Gasteiger partial charge >= 0.3 is 5.97 Å². The highest BCUT2D eigenvalue weighted by molar-refractivity contribution is 7.89. The van der Waals surface area contributed by atoms with Gasteiger partial charge in [0.15, 0.2) is 0 Å². The summed E-state index contributed by atoms with van der Waals surface area (Å²) in [5.74, 6) is -1.57. The number of nitrogens with zero attached hydrogens (tertiary/aromatic N) is 1. The molecule has 0 fully saturated rings. The lowest BCUT2D eigenvalue weighted by atomic mass is 10.3. The fourth-order valence-corrected chi connectivity index (χ4v) is 4.20. The van der Waals surface area contributed by atoms with Crippen molar-refractivity contribution in [2.45, 2.75) is 24.8 Å². The van der Waals surface area contributed by atoms with E-state index in [1.54, 1.807) is 0 Å². The monoisotopic (exact) mass is 320 g/mol. The lowest BCUT2D eigenvalue weighted by molar-refractivity contribution is -0.130. The third-order valence-corrected chi connectivity index (χ3v) is 5.35. The number of nitrogens with one attached hydrogen (secondary N) is 1. The van der Waals surface area contributed by atoms with Crippen LogP contribution in [-0.2, 0) is 14.8 Å². The van der Waals surface area contributed by atoms with E-state index in [1.807, 2.05) is 0 Å². The zero-order valence-corrected chi connectivity index (χ0v) is 13.1. The van der Waals surface area contributed by atoms with Gasteiger partial charge in [-0.2, -0.15) is 4.72 Å². The van der Waals surface area contributed by atoms with Gasteiger partial charge in [-0.1, -0.05) is 0 Å². The summed E-state index contributed by atoms with van der Waals surface area (Å²) in [6.07, 6.45) is 0. The van der Waals surface area contributed by atoms with Crippen molar-refractivity contribution in [3.8, 4) is 0 Å². The maximum Gasteiger partial charge on any atom is 0.345 e. The zero-order valence-electron chi connectivity index (χ0n) is 11.5. The Morgan fingerprint density at radius 2 is 1.95 bits per heavy atom. The van der Waals surface area contributed by atoms with Crippen LogP contribution in [0.2, 0.25) is 0 Å². The van der Waals surface area contributed by atoms with Gasteiger partial charge in [-0.3, -0.25) is 4.79 Å². The Morgan fingerprint density at radius 3 is 2.35 bits per heavy atom. The van der Waals surface area contributed by atoms with Gasteiger partial charge in [-0.15, -0.1) is 11.3 Å². The molecule has 0 aliphatic carbocycles. The zero-order chi connectivity index (χ0) is 15.7. The second kappa shape index (κ2) is 5.90. The summed E-state index contributed by atoms with van der Waals surface area (Å²) in [4.78, 5) is 24.0. The maximum atomic E-state index is 12.2. The summed E-state index contributed by atoms with van der Waals surface area (Å²) in [5.41, 5.74) is 0. The highest BCUT2D eigenvalue weighted by Crippen LogP contribution is 2.25. The standard InChI is InChI=1S/C11H16N2O5S2/c1-6(10(14)13(3)4)12-20(17,18)9-5-8(11(15)16)19-7(9)2/h5-6,12H,1-4H3,(H,15,16). The maximum absolute atomic E-state index is 12.2. The van der Waals surface area contributed by atoms with E-state index in [0.29, 0.717) is 4.88 Å². The molecule has 0 bridgehead atoms. The van der Waals surface area contributed by atoms with Crippen LogP contribution < -0.4 is 4.72 Å². The van der Waals surface area contributed by atoms with Crippen LogP contribution in [0.3, 0.4) is 0 Å². The molecule has 0 saturated carbocycles. The van der Waals surface area contributed by atoms with Gasteiger partial charge in [-0.05, 0) is 19.9 Å². The molecule has 20 heavy (non-hydrogen) atoms. The number of sulfonamides is 1. The van der Waals surface area contributed by atoms with Crippen molar-refractivity contribution in [2.24, 2.45) is 0 Å². The van der Waals surface area contributed by atoms with Gasteiger partial charge < -0.3 is 10.0 Å². The van der Waals surface area contributed by atoms with Crippen molar-refractivity contribution in [2.75, 3.05) is 14.1 Å². The van der Waals surface area contributed by atoms with Crippen molar-refractivity contribution in [3.63, 3.8) is 0 Å². The van der Waals surface area contributed by atoms with Crippen LogP contribution in [0.4, 0.5) is 0 Å². The molecule has 1 heterocycles. The number of thiophene rings is 1. The number of carboxylic acids is 1. The normalized spacial score (nSPS) is 13.0. The number of carbonyl (C=O) groups is 2. The number of hydrogen-bond acceptors (Lipinski definition) is 5. The molecule has 0 spiro atoms. The highest BCUT2D eigenvalue weighted by Gasteiger charge is 2.26. The highest BCUT2D eigenvalue weighted by atomic mass is 32.2. The van der Waals surface area contributed by atoms with Crippen molar-refractivity contribution in [1.82, 2.24) is 9.62 Å². The predicted octanol–water partition coefficient (Wildman–Crippen LogP) is 0.510. The molecule has 0 aliphatic rings. The molecule has 1 unspecified atom stereocenters. The number of rotatable bonds is 5. The molecule has 1 aromatic rings. The minimum absolute atomic E-state index is 0.0607. The molecular formula is C11H16N2O5S2. The van der Waals surface area contributed by atoms with E-state index in [9.17, 15) is 18.0 Å². The number of amides is 1. The van der Waals surface area contributed by atoms with Crippen LogP contribution in [-0.4, -0.2) is 50.4 Å². The summed E-state index contributed by atoms with van der Waals surface area (Å²) in [5, 5.41) is 8.87. The number of carboxylic acid groups (broad SMARTS) is 1.